The van der Waals surface area contributed by atoms with E-state index in [1.807, 2.05) is 0 Å². The predicted octanol–water partition coefficient (Wildman–Crippen LogP) is 1.77. The maximum atomic E-state index is 5.88. The molecule has 0 aromatic rings. The molecule has 2 aliphatic rings. The molecule has 2 rings (SSSR count). The number of hydrogen-bond donors (Lipinski definition) is 1. The van der Waals surface area contributed by atoms with Gasteiger partial charge in [0.1, 0.15) is 0 Å². The highest BCUT2D eigenvalue weighted by molar-refractivity contribution is 4.92. The molecule has 1 heteroatoms. The molecule has 2 fully saturated rings. The second-order valence-corrected chi connectivity index (χ2v) is 4.20. The monoisotopic (exact) mass is 139 g/mol. The van der Waals surface area contributed by atoms with Crippen LogP contribution in [-0.4, -0.2) is 6.04 Å². The first kappa shape index (κ1) is 6.66. The minimum Gasteiger partial charge on any atom is -0.328 e. The van der Waals surface area contributed by atoms with Gasteiger partial charge >= 0.3 is 0 Å². The van der Waals surface area contributed by atoms with E-state index in [0.29, 0.717) is 6.04 Å². The minimum absolute atomic E-state index is 0.454. The van der Waals surface area contributed by atoms with Crippen LogP contribution in [0, 0.1) is 17.8 Å². The summed E-state index contributed by atoms with van der Waals surface area (Å²) in [5.74, 6) is 2.93. The lowest BCUT2D eigenvalue weighted by molar-refractivity contribution is 0.293. The Hall–Kier alpha value is -0.0400. The van der Waals surface area contributed by atoms with Gasteiger partial charge in [0.05, 0.1) is 0 Å². The Labute approximate surface area is 63.0 Å². The fourth-order valence-corrected chi connectivity index (χ4v) is 2.94. The molecule has 10 heavy (non-hydrogen) atoms. The van der Waals surface area contributed by atoms with Gasteiger partial charge in [-0.1, -0.05) is 6.42 Å². The van der Waals surface area contributed by atoms with Crippen molar-refractivity contribution in [2.75, 3.05) is 0 Å². The van der Waals surface area contributed by atoms with Crippen molar-refractivity contribution < 1.29 is 0 Å². The lowest BCUT2D eigenvalue weighted by Crippen LogP contribution is -2.30. The van der Waals surface area contributed by atoms with E-state index < -0.39 is 0 Å². The molecule has 0 amide bonds. The van der Waals surface area contributed by atoms with Crippen LogP contribution < -0.4 is 5.73 Å². The third-order valence-electron chi connectivity index (χ3n) is 3.47. The molecule has 58 valence electrons. The van der Waals surface area contributed by atoms with Gasteiger partial charge in [-0.25, -0.2) is 0 Å². The van der Waals surface area contributed by atoms with E-state index in [-0.39, 0.29) is 0 Å². The quantitative estimate of drug-likeness (QED) is 0.588. The molecule has 2 bridgehead atoms. The Morgan fingerprint density at radius 3 is 2.40 bits per heavy atom. The van der Waals surface area contributed by atoms with E-state index in [1.54, 1.807) is 0 Å². The van der Waals surface area contributed by atoms with Crippen molar-refractivity contribution >= 4 is 0 Å². The van der Waals surface area contributed by atoms with Crippen molar-refractivity contribution in [2.45, 2.75) is 38.6 Å². The number of hydrogen-bond acceptors (Lipinski definition) is 1. The fourth-order valence-electron chi connectivity index (χ4n) is 2.94. The van der Waals surface area contributed by atoms with Crippen LogP contribution in [0.4, 0.5) is 0 Å². The minimum atomic E-state index is 0.454. The van der Waals surface area contributed by atoms with E-state index in [2.05, 4.69) is 6.92 Å². The first-order chi connectivity index (χ1) is 4.77. The van der Waals surface area contributed by atoms with E-state index in [9.17, 15) is 0 Å². The van der Waals surface area contributed by atoms with E-state index in [1.165, 1.54) is 25.7 Å². The standard InChI is InChI=1S/C9H17N/c1-6(10)9-5-7-2-3-8(9)4-7/h6-9H,2-5,10H2,1H3/t6-,7+,8+,9+/m0/s1. The summed E-state index contributed by atoms with van der Waals surface area (Å²) in [6.07, 6.45) is 5.89. The fraction of sp³-hybridized carbons (Fsp3) is 1.00. The van der Waals surface area contributed by atoms with Crippen molar-refractivity contribution in [3.63, 3.8) is 0 Å². The van der Waals surface area contributed by atoms with Crippen molar-refractivity contribution in [3.05, 3.63) is 0 Å². The van der Waals surface area contributed by atoms with Crippen LogP contribution >= 0.6 is 0 Å². The average Bonchev–Trinajstić information content (AvgIpc) is 2.44. The molecule has 2 N–H and O–H groups in total. The highest BCUT2D eigenvalue weighted by Crippen LogP contribution is 2.49. The van der Waals surface area contributed by atoms with Gasteiger partial charge in [-0.05, 0) is 43.9 Å². The summed E-state index contributed by atoms with van der Waals surface area (Å²) in [6.45, 7) is 2.17. The highest BCUT2D eigenvalue weighted by Gasteiger charge is 2.40. The number of nitrogens with two attached hydrogens (primary N) is 1. The summed E-state index contributed by atoms with van der Waals surface area (Å²) in [5.41, 5.74) is 5.88. The lowest BCUT2D eigenvalue weighted by atomic mass is 9.84. The molecule has 0 aromatic heterocycles. The lowest BCUT2D eigenvalue weighted by Gasteiger charge is -2.24. The molecular weight excluding hydrogens is 122 g/mol. The predicted molar refractivity (Wildman–Crippen MR) is 42.6 cm³/mol. The topological polar surface area (TPSA) is 26.0 Å². The van der Waals surface area contributed by atoms with Crippen LogP contribution in [0.15, 0.2) is 0 Å². The third-order valence-corrected chi connectivity index (χ3v) is 3.47. The smallest absolute Gasteiger partial charge is 0.00415 e. The average molecular weight is 139 g/mol. The Bertz CT molecular complexity index is 131. The first-order valence-corrected chi connectivity index (χ1v) is 4.53. The SMILES string of the molecule is C[C@H](N)[C@H]1C[C@@H]2CC[C@@H]1C2. The Morgan fingerprint density at radius 1 is 1.30 bits per heavy atom. The second-order valence-electron chi connectivity index (χ2n) is 4.20. The van der Waals surface area contributed by atoms with Crippen LogP contribution in [0.2, 0.25) is 0 Å². The van der Waals surface area contributed by atoms with Gasteiger partial charge in [0.15, 0.2) is 0 Å². The van der Waals surface area contributed by atoms with E-state index in [0.717, 1.165) is 17.8 Å². The molecule has 0 saturated heterocycles. The van der Waals surface area contributed by atoms with Gasteiger partial charge in [0, 0.05) is 6.04 Å². The third kappa shape index (κ3) is 0.878. The Morgan fingerprint density at radius 2 is 2.10 bits per heavy atom. The summed E-state index contributed by atoms with van der Waals surface area (Å²) in [4.78, 5) is 0. The van der Waals surface area contributed by atoms with Gasteiger partial charge < -0.3 is 5.73 Å². The van der Waals surface area contributed by atoms with Gasteiger partial charge in [0.2, 0.25) is 0 Å². The zero-order valence-corrected chi connectivity index (χ0v) is 6.72. The zero-order chi connectivity index (χ0) is 7.14. The van der Waals surface area contributed by atoms with Crippen molar-refractivity contribution in [2.24, 2.45) is 23.5 Å². The van der Waals surface area contributed by atoms with Gasteiger partial charge in [-0.15, -0.1) is 0 Å². The molecule has 0 heterocycles. The summed E-state index contributed by atoms with van der Waals surface area (Å²) in [6, 6.07) is 0.454. The van der Waals surface area contributed by atoms with Crippen LogP contribution in [0.1, 0.15) is 32.6 Å². The summed E-state index contributed by atoms with van der Waals surface area (Å²) >= 11 is 0. The maximum Gasteiger partial charge on any atom is 0.00415 e. The molecule has 0 aromatic carbocycles. The highest BCUT2D eigenvalue weighted by atomic mass is 14.7. The van der Waals surface area contributed by atoms with Gasteiger partial charge in [0.25, 0.3) is 0 Å². The van der Waals surface area contributed by atoms with E-state index in [4.69, 9.17) is 5.73 Å². The molecule has 0 spiro atoms. The largest absolute Gasteiger partial charge is 0.328 e. The molecule has 0 radical (unpaired) electrons. The Balaban J connectivity index is 2.02. The summed E-state index contributed by atoms with van der Waals surface area (Å²) in [7, 11) is 0. The molecule has 2 saturated carbocycles. The number of fused-ring (bicyclic) bond motifs is 2. The summed E-state index contributed by atoms with van der Waals surface area (Å²) in [5, 5.41) is 0. The van der Waals surface area contributed by atoms with Gasteiger partial charge in [-0.3, -0.25) is 0 Å². The van der Waals surface area contributed by atoms with Crippen LogP contribution in [0.25, 0.3) is 0 Å². The zero-order valence-electron chi connectivity index (χ0n) is 6.72. The molecule has 2 aliphatic carbocycles. The summed E-state index contributed by atoms with van der Waals surface area (Å²) < 4.78 is 0. The second kappa shape index (κ2) is 2.23. The van der Waals surface area contributed by atoms with Crippen molar-refractivity contribution in [3.8, 4) is 0 Å². The van der Waals surface area contributed by atoms with Crippen LogP contribution in [0.5, 0.6) is 0 Å². The van der Waals surface area contributed by atoms with Gasteiger partial charge in [-0.2, -0.15) is 0 Å². The molecule has 0 aliphatic heterocycles. The number of rotatable bonds is 1. The maximum absolute atomic E-state index is 5.88. The molecule has 0 unspecified atom stereocenters. The normalized spacial score (nSPS) is 48.0. The van der Waals surface area contributed by atoms with Crippen molar-refractivity contribution in [1.29, 1.82) is 0 Å². The molecule has 4 atom stereocenters. The first-order valence-electron chi connectivity index (χ1n) is 4.53. The molecule has 1 nitrogen and oxygen atoms in total. The van der Waals surface area contributed by atoms with E-state index >= 15 is 0 Å². The van der Waals surface area contributed by atoms with Crippen LogP contribution in [-0.2, 0) is 0 Å². The van der Waals surface area contributed by atoms with Crippen molar-refractivity contribution in [1.82, 2.24) is 0 Å². The van der Waals surface area contributed by atoms with Crippen LogP contribution in [0.3, 0.4) is 0 Å². The Kier molecular flexibility index (Phi) is 1.48. The molecular formula is C9H17N.